The molecule has 0 bridgehead atoms. The molecule has 1 heterocycles. The van der Waals surface area contributed by atoms with E-state index in [1.807, 2.05) is 12.1 Å². The molecule has 0 saturated heterocycles. The first-order chi connectivity index (χ1) is 19.5. The predicted octanol–water partition coefficient (Wildman–Crippen LogP) is 8.17. The topological polar surface area (TPSA) is 85.2 Å². The van der Waals surface area contributed by atoms with E-state index in [1.54, 1.807) is 61.5 Å². The number of hydrogen-bond donors (Lipinski definition) is 1. The lowest BCUT2D eigenvalue weighted by atomic mass is 9.87. The van der Waals surface area contributed by atoms with Crippen LogP contribution in [0.15, 0.2) is 92.4 Å². The predicted molar refractivity (Wildman–Crippen MR) is 164 cm³/mol. The molecule has 9 heteroatoms. The normalized spacial score (nSPS) is 15.5. The highest BCUT2D eigenvalue weighted by molar-refractivity contribution is 9.10. The number of carbonyl (C=O) groups is 2. The second kappa shape index (κ2) is 12.9. The molecule has 0 aromatic heterocycles. The number of benzene rings is 3. The molecule has 1 aliphatic rings. The van der Waals surface area contributed by atoms with Crippen LogP contribution in [0.1, 0.15) is 54.7 Å². The summed E-state index contributed by atoms with van der Waals surface area (Å²) in [5, 5.41) is 11.1. The molecular weight excluding hydrogens is 609 g/mol. The van der Waals surface area contributed by atoms with Gasteiger partial charge in [-0.05, 0) is 60.4 Å². The van der Waals surface area contributed by atoms with Gasteiger partial charge in [0, 0.05) is 21.2 Å². The summed E-state index contributed by atoms with van der Waals surface area (Å²) in [6.45, 7) is 7.95. The fraction of sp³-hybridized carbons (Fsp3) is 0.219. The van der Waals surface area contributed by atoms with Crippen molar-refractivity contribution in [3.8, 4) is 5.75 Å². The molecule has 3 aromatic carbocycles. The van der Waals surface area contributed by atoms with E-state index in [0.717, 1.165) is 21.8 Å². The largest absolute Gasteiger partial charge is 0.506 e. The summed E-state index contributed by atoms with van der Waals surface area (Å²) < 4.78 is 25.9. The van der Waals surface area contributed by atoms with Gasteiger partial charge in [0.1, 0.15) is 34.5 Å². The van der Waals surface area contributed by atoms with Gasteiger partial charge in [0.15, 0.2) is 0 Å². The maximum absolute atomic E-state index is 14.1. The van der Waals surface area contributed by atoms with Crippen LogP contribution in [-0.4, -0.2) is 28.6 Å². The van der Waals surface area contributed by atoms with Crippen molar-refractivity contribution >= 4 is 50.7 Å². The summed E-state index contributed by atoms with van der Waals surface area (Å²) in [5.41, 5.74) is 2.09. The summed E-state index contributed by atoms with van der Waals surface area (Å²) >= 11 is 4.42. The van der Waals surface area contributed by atoms with Crippen LogP contribution in [0.2, 0.25) is 0 Å². The number of halogens is 2. The van der Waals surface area contributed by atoms with E-state index >= 15 is 0 Å². The Balaban J connectivity index is 1.68. The summed E-state index contributed by atoms with van der Waals surface area (Å²) in [5.74, 6) is -1.66. The van der Waals surface area contributed by atoms with Crippen molar-refractivity contribution in [1.29, 1.82) is 0 Å². The van der Waals surface area contributed by atoms with Crippen molar-refractivity contribution in [3.63, 3.8) is 0 Å². The molecule has 3 aromatic rings. The Bertz CT molecular complexity index is 1570. The molecule has 6 nitrogen and oxygen atoms in total. The third-order valence-corrected chi connectivity index (χ3v) is 7.68. The molecule has 4 rings (SSSR count). The first-order valence-electron chi connectivity index (χ1n) is 12.9. The van der Waals surface area contributed by atoms with E-state index in [4.69, 9.17) is 9.47 Å². The van der Waals surface area contributed by atoms with Crippen LogP contribution in [0, 0.1) is 5.82 Å². The lowest BCUT2D eigenvalue weighted by Gasteiger charge is -2.18. The van der Waals surface area contributed by atoms with E-state index < -0.39 is 11.9 Å². The van der Waals surface area contributed by atoms with Crippen LogP contribution in [0.3, 0.4) is 0 Å². The maximum atomic E-state index is 14.1. The highest BCUT2D eigenvalue weighted by Gasteiger charge is 2.34. The van der Waals surface area contributed by atoms with E-state index in [9.17, 15) is 19.1 Å². The molecule has 1 amide bonds. The first kappa shape index (κ1) is 30.3. The quantitative estimate of drug-likeness (QED) is 0.263. The maximum Gasteiger partial charge on any atom is 0.344 e. The van der Waals surface area contributed by atoms with Gasteiger partial charge in [-0.15, -0.1) is 0 Å². The number of aliphatic imine (C=N–C) groups is 1. The second-order valence-electron chi connectivity index (χ2n) is 10.2. The summed E-state index contributed by atoms with van der Waals surface area (Å²) in [7, 11) is 0. The Kier molecular flexibility index (Phi) is 9.50. The fourth-order valence-electron chi connectivity index (χ4n) is 3.94. The van der Waals surface area contributed by atoms with Crippen molar-refractivity contribution in [2.24, 2.45) is 4.99 Å². The van der Waals surface area contributed by atoms with Crippen molar-refractivity contribution in [2.75, 3.05) is 6.61 Å². The van der Waals surface area contributed by atoms with E-state index in [0.29, 0.717) is 22.4 Å². The van der Waals surface area contributed by atoms with Gasteiger partial charge in [0.2, 0.25) is 0 Å². The number of carbonyl (C=O) groups excluding carboxylic acids is 2. The second-order valence-corrected chi connectivity index (χ2v) is 12.1. The lowest BCUT2D eigenvalue weighted by Crippen LogP contribution is -2.14. The number of aliphatic hydroxyl groups is 1. The number of aliphatic hydroxyl groups excluding tert-OH is 1. The molecule has 0 atom stereocenters. The minimum Gasteiger partial charge on any atom is -0.506 e. The average Bonchev–Trinajstić information content (AvgIpc) is 3.22. The van der Waals surface area contributed by atoms with Crippen LogP contribution in [0.25, 0.3) is 6.08 Å². The Morgan fingerprint density at radius 3 is 2.44 bits per heavy atom. The van der Waals surface area contributed by atoms with Crippen molar-refractivity contribution in [3.05, 3.63) is 116 Å². The molecule has 0 saturated carbocycles. The molecule has 0 fully saturated rings. The van der Waals surface area contributed by atoms with Gasteiger partial charge in [-0.1, -0.05) is 78.8 Å². The number of rotatable bonds is 7. The first-order valence-corrected chi connectivity index (χ1v) is 14.5. The molecule has 212 valence electrons. The average molecular weight is 639 g/mol. The highest BCUT2D eigenvalue weighted by atomic mass is 79.9. The van der Waals surface area contributed by atoms with E-state index in [2.05, 4.69) is 41.7 Å². The van der Waals surface area contributed by atoms with Gasteiger partial charge < -0.3 is 14.6 Å². The number of ether oxygens (including phenoxy) is 2. The number of hydrogen-bond acceptors (Lipinski definition) is 6. The molecule has 1 aliphatic heterocycles. The Hall–Kier alpha value is -3.69. The van der Waals surface area contributed by atoms with Crippen LogP contribution in [0.4, 0.5) is 4.39 Å². The van der Waals surface area contributed by atoms with Gasteiger partial charge in [-0.2, -0.15) is 0 Å². The third-order valence-electron chi connectivity index (χ3n) is 6.17. The van der Waals surface area contributed by atoms with Gasteiger partial charge in [-0.3, -0.25) is 4.79 Å². The zero-order valence-electron chi connectivity index (χ0n) is 23.0. The Morgan fingerprint density at radius 1 is 1.07 bits per heavy atom. The number of nitrogens with zero attached hydrogens (tertiary/aromatic N) is 1. The van der Waals surface area contributed by atoms with Gasteiger partial charge >= 0.3 is 5.97 Å². The SMILES string of the molecule is CCOC(=O)C1=C(O)/C(=C/c2cc(Br)ccc2OCc2ccccc2F)SC1=NC(=O)c1ccc(C(C)(C)C)cc1. The summed E-state index contributed by atoms with van der Waals surface area (Å²) in [4.78, 5) is 30.3. The highest BCUT2D eigenvalue weighted by Crippen LogP contribution is 2.41. The van der Waals surface area contributed by atoms with Crippen molar-refractivity contribution in [1.82, 2.24) is 0 Å². The molecule has 41 heavy (non-hydrogen) atoms. The smallest absolute Gasteiger partial charge is 0.344 e. The third kappa shape index (κ3) is 7.34. The summed E-state index contributed by atoms with van der Waals surface area (Å²) in [6.07, 6.45) is 1.62. The Morgan fingerprint density at radius 2 is 1.78 bits per heavy atom. The van der Waals surface area contributed by atoms with Gasteiger partial charge in [0.25, 0.3) is 5.91 Å². The zero-order chi connectivity index (χ0) is 29.7. The standard InChI is InChI=1S/C32H29BrFNO5S/c1-5-39-31(38)27-28(36)26(41-30(27)35-29(37)19-10-12-22(13-11-19)32(2,3)4)17-21-16-23(33)14-15-25(21)40-18-20-8-6-7-9-24(20)34/h6-17,36H,5,18H2,1-4H3/b26-17-,35-30?. The minimum atomic E-state index is -0.791. The zero-order valence-corrected chi connectivity index (χ0v) is 25.4. The Labute approximate surface area is 251 Å². The number of amides is 1. The van der Waals surface area contributed by atoms with Crippen LogP contribution < -0.4 is 4.74 Å². The number of esters is 1. The monoisotopic (exact) mass is 637 g/mol. The van der Waals surface area contributed by atoms with Crippen LogP contribution >= 0.6 is 27.7 Å². The van der Waals surface area contributed by atoms with Crippen molar-refractivity contribution in [2.45, 2.75) is 39.7 Å². The minimum absolute atomic E-state index is 0.0112. The molecule has 0 unspecified atom stereocenters. The van der Waals surface area contributed by atoms with Gasteiger partial charge in [-0.25, -0.2) is 14.2 Å². The van der Waals surface area contributed by atoms with E-state index in [-0.39, 0.29) is 45.7 Å². The fourth-order valence-corrected chi connectivity index (χ4v) is 5.32. The molecule has 0 spiro atoms. The van der Waals surface area contributed by atoms with Crippen molar-refractivity contribution < 1.29 is 28.6 Å². The van der Waals surface area contributed by atoms with Gasteiger partial charge in [0.05, 0.1) is 11.5 Å². The summed E-state index contributed by atoms with van der Waals surface area (Å²) in [6, 6.07) is 18.7. The molecule has 1 N–H and O–H groups in total. The molecular formula is C32H29BrFNO5S. The molecule has 0 aliphatic carbocycles. The number of thioether (sulfide) groups is 1. The van der Waals surface area contributed by atoms with Crippen LogP contribution in [0.5, 0.6) is 5.75 Å². The van der Waals surface area contributed by atoms with Crippen LogP contribution in [-0.2, 0) is 21.6 Å². The van der Waals surface area contributed by atoms with E-state index in [1.165, 1.54) is 6.07 Å². The lowest BCUT2D eigenvalue weighted by molar-refractivity contribution is -0.138. The molecule has 0 radical (unpaired) electrons.